The van der Waals surface area contributed by atoms with Gasteiger partial charge in [0.05, 0.1) is 0 Å². The molecule has 0 fully saturated rings. The third-order valence-corrected chi connectivity index (χ3v) is 2.95. The van der Waals surface area contributed by atoms with Gasteiger partial charge < -0.3 is 5.21 Å². The first-order valence-electron chi connectivity index (χ1n) is 6.52. The predicted octanol–water partition coefficient (Wildman–Crippen LogP) is 4.34. The second-order valence-electron chi connectivity index (χ2n) is 4.37. The van der Waals surface area contributed by atoms with Crippen LogP contribution in [0.25, 0.3) is 0 Å². The smallest absolute Gasteiger partial charge is 0.0238 e. The summed E-state index contributed by atoms with van der Waals surface area (Å²) in [6.07, 6.45) is 10.8. The zero-order valence-corrected chi connectivity index (χ0v) is 11.6. The molecule has 0 aromatic heterocycles. The second kappa shape index (κ2) is 10.3. The Morgan fingerprint density at radius 2 is 1.88 bits per heavy atom. The van der Waals surface area contributed by atoms with Crippen molar-refractivity contribution in [2.45, 2.75) is 46.5 Å². The molecule has 98 valence electrons. The largest absolute Gasteiger partial charge is 0.314 e. The minimum absolute atomic E-state index is 0.713. The van der Waals surface area contributed by atoms with Crippen molar-refractivity contribution in [3.63, 3.8) is 0 Å². The maximum absolute atomic E-state index is 9.23. The van der Waals surface area contributed by atoms with Gasteiger partial charge >= 0.3 is 0 Å². The minimum atomic E-state index is 0.713. The van der Waals surface area contributed by atoms with E-state index in [2.05, 4.69) is 32.6 Å². The normalized spacial score (nSPS) is 13.2. The van der Waals surface area contributed by atoms with Gasteiger partial charge in [0.25, 0.3) is 0 Å². The summed E-state index contributed by atoms with van der Waals surface area (Å²) in [5.41, 5.74) is 2.52. The monoisotopic (exact) mass is 237 g/mol. The molecule has 0 saturated heterocycles. The standard InChI is InChI=1S/C15H27NO/c1-5-14(3)15(4)12-10-8-7-9-11-13-16(17)6-2/h5,10,12,17H,1,6-9,11,13H2,2-4H3/b12-10-,15-14-. The number of hydrogen-bond donors (Lipinski definition) is 1. The van der Waals surface area contributed by atoms with Crippen molar-refractivity contribution in [2.24, 2.45) is 0 Å². The lowest BCUT2D eigenvalue weighted by atomic mass is 10.1. The van der Waals surface area contributed by atoms with Crippen molar-refractivity contribution in [3.05, 3.63) is 36.0 Å². The van der Waals surface area contributed by atoms with Crippen LogP contribution in [0.3, 0.4) is 0 Å². The van der Waals surface area contributed by atoms with E-state index in [0.29, 0.717) is 6.54 Å². The first-order chi connectivity index (χ1) is 8.11. The Morgan fingerprint density at radius 3 is 2.47 bits per heavy atom. The quantitative estimate of drug-likeness (QED) is 0.366. The minimum Gasteiger partial charge on any atom is -0.314 e. The average molecular weight is 237 g/mol. The lowest BCUT2D eigenvalue weighted by Gasteiger charge is -2.10. The Hall–Kier alpha value is -0.860. The van der Waals surface area contributed by atoms with Crippen LogP contribution in [-0.4, -0.2) is 23.4 Å². The van der Waals surface area contributed by atoms with Crippen LogP contribution >= 0.6 is 0 Å². The fraction of sp³-hybridized carbons (Fsp3) is 0.600. The molecule has 1 N–H and O–H groups in total. The van der Waals surface area contributed by atoms with Gasteiger partial charge in [-0.3, -0.25) is 0 Å². The maximum atomic E-state index is 9.23. The Morgan fingerprint density at radius 1 is 1.18 bits per heavy atom. The van der Waals surface area contributed by atoms with Gasteiger partial charge in [0, 0.05) is 13.1 Å². The topological polar surface area (TPSA) is 23.5 Å². The van der Waals surface area contributed by atoms with Crippen LogP contribution in [0.15, 0.2) is 36.0 Å². The van der Waals surface area contributed by atoms with Crippen molar-refractivity contribution in [1.29, 1.82) is 0 Å². The van der Waals surface area contributed by atoms with Crippen molar-refractivity contribution in [3.8, 4) is 0 Å². The Balaban J connectivity index is 3.58. The molecule has 0 unspecified atom stereocenters. The molecule has 2 heteroatoms. The summed E-state index contributed by atoms with van der Waals surface area (Å²) in [7, 11) is 0. The van der Waals surface area contributed by atoms with Crippen LogP contribution in [0.4, 0.5) is 0 Å². The molecule has 0 aliphatic rings. The Kier molecular flexibility index (Phi) is 9.78. The third-order valence-electron chi connectivity index (χ3n) is 2.95. The molecule has 0 aliphatic heterocycles. The molecule has 0 spiro atoms. The van der Waals surface area contributed by atoms with E-state index >= 15 is 0 Å². The second-order valence-corrected chi connectivity index (χ2v) is 4.37. The zero-order chi connectivity index (χ0) is 13.1. The van der Waals surface area contributed by atoms with Crippen molar-refractivity contribution < 1.29 is 5.21 Å². The van der Waals surface area contributed by atoms with Crippen LogP contribution in [0.5, 0.6) is 0 Å². The molecule has 0 rings (SSSR count). The Bertz CT molecular complexity index is 266. The number of allylic oxidation sites excluding steroid dienone is 5. The molecule has 17 heavy (non-hydrogen) atoms. The first kappa shape index (κ1) is 16.1. The summed E-state index contributed by atoms with van der Waals surface area (Å²) < 4.78 is 0. The van der Waals surface area contributed by atoms with E-state index in [0.717, 1.165) is 19.4 Å². The molecule has 0 aliphatic carbocycles. The van der Waals surface area contributed by atoms with Crippen LogP contribution in [0.2, 0.25) is 0 Å². The highest BCUT2D eigenvalue weighted by atomic mass is 16.5. The molecule has 0 saturated carbocycles. The zero-order valence-electron chi connectivity index (χ0n) is 11.6. The van der Waals surface area contributed by atoms with Crippen molar-refractivity contribution >= 4 is 0 Å². The SMILES string of the molecule is C=C/C(C)=C(C)\C=C/CCCCCN(O)CC. The summed E-state index contributed by atoms with van der Waals surface area (Å²) in [5, 5.41) is 10.6. The molecule has 0 amide bonds. The third kappa shape index (κ3) is 8.90. The number of nitrogens with zero attached hydrogens (tertiary/aromatic N) is 1. The van der Waals surface area contributed by atoms with Crippen molar-refractivity contribution in [2.75, 3.05) is 13.1 Å². The van der Waals surface area contributed by atoms with Gasteiger partial charge in [-0.25, -0.2) is 0 Å². The lowest BCUT2D eigenvalue weighted by molar-refractivity contribution is -0.0869. The van der Waals surface area contributed by atoms with E-state index in [1.54, 1.807) is 0 Å². The van der Waals surface area contributed by atoms with E-state index < -0.39 is 0 Å². The van der Waals surface area contributed by atoms with Crippen molar-refractivity contribution in [1.82, 2.24) is 5.06 Å². The van der Waals surface area contributed by atoms with Gasteiger partial charge in [-0.05, 0) is 44.3 Å². The number of hydrogen-bond acceptors (Lipinski definition) is 2. The molecular formula is C15H27NO. The van der Waals surface area contributed by atoms with Crippen LogP contribution < -0.4 is 0 Å². The van der Waals surface area contributed by atoms with Crippen LogP contribution in [0.1, 0.15) is 46.5 Å². The summed E-state index contributed by atoms with van der Waals surface area (Å²) in [4.78, 5) is 0. The molecule has 2 nitrogen and oxygen atoms in total. The van der Waals surface area contributed by atoms with Gasteiger partial charge in [0.2, 0.25) is 0 Å². The number of hydroxylamine groups is 2. The van der Waals surface area contributed by atoms with E-state index in [1.807, 2.05) is 13.0 Å². The summed E-state index contributed by atoms with van der Waals surface area (Å²) in [6, 6.07) is 0. The molecule has 0 aromatic rings. The van der Waals surface area contributed by atoms with Crippen LogP contribution in [0, 0.1) is 0 Å². The highest BCUT2D eigenvalue weighted by Gasteiger charge is 1.95. The fourth-order valence-corrected chi connectivity index (χ4v) is 1.44. The lowest BCUT2D eigenvalue weighted by Crippen LogP contribution is -2.19. The molecule has 0 aromatic carbocycles. The van der Waals surface area contributed by atoms with E-state index in [4.69, 9.17) is 0 Å². The molecule has 0 atom stereocenters. The molecule has 0 bridgehead atoms. The van der Waals surface area contributed by atoms with Gasteiger partial charge in [0.1, 0.15) is 0 Å². The van der Waals surface area contributed by atoms with E-state index in [-0.39, 0.29) is 0 Å². The van der Waals surface area contributed by atoms with Gasteiger partial charge in [-0.15, -0.1) is 0 Å². The maximum Gasteiger partial charge on any atom is 0.0238 e. The van der Waals surface area contributed by atoms with Gasteiger partial charge in [-0.2, -0.15) is 5.06 Å². The Labute approximate surface area is 106 Å². The molecule has 0 heterocycles. The van der Waals surface area contributed by atoms with Gasteiger partial charge in [-0.1, -0.05) is 38.2 Å². The van der Waals surface area contributed by atoms with Crippen LogP contribution in [-0.2, 0) is 0 Å². The summed E-state index contributed by atoms with van der Waals surface area (Å²) in [5.74, 6) is 0. The predicted molar refractivity (Wildman–Crippen MR) is 75.2 cm³/mol. The van der Waals surface area contributed by atoms with E-state index in [1.165, 1.54) is 29.1 Å². The highest BCUT2D eigenvalue weighted by Crippen LogP contribution is 2.07. The van der Waals surface area contributed by atoms with Gasteiger partial charge in [0.15, 0.2) is 0 Å². The number of rotatable bonds is 9. The average Bonchev–Trinajstić information content (AvgIpc) is 2.35. The molecule has 0 radical (unpaired) electrons. The highest BCUT2D eigenvalue weighted by molar-refractivity contribution is 5.28. The number of unbranched alkanes of at least 4 members (excludes halogenated alkanes) is 3. The van der Waals surface area contributed by atoms with E-state index in [9.17, 15) is 5.21 Å². The first-order valence-corrected chi connectivity index (χ1v) is 6.52. The summed E-state index contributed by atoms with van der Waals surface area (Å²) >= 11 is 0. The summed E-state index contributed by atoms with van der Waals surface area (Å²) in [6.45, 7) is 11.4. The molecular weight excluding hydrogens is 210 g/mol. The fourth-order valence-electron chi connectivity index (χ4n) is 1.44.